The number of aromatic nitrogens is 2. The number of carboxylic acids is 2. The number of aliphatic hydroxyl groups excluding tert-OH is 1. The van der Waals surface area contributed by atoms with E-state index in [1.54, 1.807) is 6.07 Å². The molecule has 0 radical (unpaired) electrons. The van der Waals surface area contributed by atoms with E-state index in [9.17, 15) is 14.7 Å². The number of carboxylic acid groups (broad SMARTS) is 2. The zero-order valence-electron chi connectivity index (χ0n) is 13.4. The quantitative estimate of drug-likeness (QED) is 0.409. The standard InChI is InChI=1S/C10H15ClN4O2.C4H4O4/c1-7(16)17-10-8(6-9(11)13-14-10)15-4-2-12-3-5-15;5-3(6)1-2-4(7)8/h6-7,12,16H,2-5H2,1H3;1-2H,(H,5,6)(H,7,8)/b;2-1+. The highest BCUT2D eigenvalue weighted by atomic mass is 35.5. The highest BCUT2D eigenvalue weighted by molar-refractivity contribution is 6.29. The predicted molar refractivity (Wildman–Crippen MR) is 88.8 cm³/mol. The zero-order chi connectivity index (χ0) is 18.8. The number of carbonyl (C=O) groups is 2. The summed E-state index contributed by atoms with van der Waals surface area (Å²) in [6, 6.07) is 1.71. The second kappa shape index (κ2) is 10.4. The van der Waals surface area contributed by atoms with Crippen molar-refractivity contribution in [2.24, 2.45) is 0 Å². The minimum absolute atomic E-state index is 0.311. The van der Waals surface area contributed by atoms with Crippen LogP contribution in [-0.4, -0.2) is 69.9 Å². The van der Waals surface area contributed by atoms with Gasteiger partial charge in [0.1, 0.15) is 5.69 Å². The molecule has 0 aromatic carbocycles. The number of aliphatic carboxylic acids is 2. The predicted octanol–water partition coefficient (Wildman–Crippen LogP) is -0.0315. The van der Waals surface area contributed by atoms with Gasteiger partial charge in [-0.05, 0) is 6.92 Å². The molecule has 0 saturated carbocycles. The van der Waals surface area contributed by atoms with Gasteiger partial charge >= 0.3 is 11.9 Å². The maximum Gasteiger partial charge on any atom is 0.328 e. The van der Waals surface area contributed by atoms with E-state index in [1.165, 1.54) is 6.92 Å². The van der Waals surface area contributed by atoms with E-state index in [1.807, 2.05) is 0 Å². The summed E-state index contributed by atoms with van der Waals surface area (Å²) in [4.78, 5) is 21.2. The minimum atomic E-state index is -1.26. The Hall–Kier alpha value is -2.43. The SMILES string of the molecule is CC(O)Oc1nnc(Cl)cc1N1CCNCC1.O=C(O)/C=C/C(=O)O. The number of ether oxygens (including phenoxy) is 1. The Morgan fingerprint density at radius 1 is 1.28 bits per heavy atom. The van der Waals surface area contributed by atoms with Gasteiger partial charge in [-0.15, -0.1) is 10.2 Å². The number of nitrogens with zero attached hydrogens (tertiary/aromatic N) is 3. The molecule has 0 spiro atoms. The summed E-state index contributed by atoms with van der Waals surface area (Å²) in [5.41, 5.74) is 0.771. The van der Waals surface area contributed by atoms with E-state index in [2.05, 4.69) is 20.4 Å². The lowest BCUT2D eigenvalue weighted by molar-refractivity contribution is -0.134. The molecule has 0 amide bonds. The average molecular weight is 375 g/mol. The summed E-state index contributed by atoms with van der Waals surface area (Å²) < 4.78 is 5.21. The molecule has 1 unspecified atom stereocenters. The van der Waals surface area contributed by atoms with Crippen LogP contribution in [0.15, 0.2) is 18.2 Å². The molecule has 138 valence electrons. The molecule has 10 nitrogen and oxygen atoms in total. The van der Waals surface area contributed by atoms with Gasteiger partial charge in [-0.25, -0.2) is 9.59 Å². The highest BCUT2D eigenvalue weighted by Gasteiger charge is 2.18. The molecule has 1 saturated heterocycles. The summed E-state index contributed by atoms with van der Waals surface area (Å²) in [5.74, 6) is -2.20. The first kappa shape index (κ1) is 20.6. The van der Waals surface area contributed by atoms with Crippen LogP contribution >= 0.6 is 11.6 Å². The summed E-state index contributed by atoms with van der Waals surface area (Å²) >= 11 is 5.84. The molecule has 11 heteroatoms. The Kier molecular flexibility index (Phi) is 8.61. The Balaban J connectivity index is 0.000000333. The summed E-state index contributed by atoms with van der Waals surface area (Å²) in [5, 5.41) is 36.0. The fourth-order valence-corrected chi connectivity index (χ4v) is 2.01. The molecule has 2 rings (SSSR count). The number of halogens is 1. The molecule has 1 aliphatic heterocycles. The Bertz CT molecular complexity index is 603. The third kappa shape index (κ3) is 8.29. The van der Waals surface area contributed by atoms with Crippen molar-refractivity contribution >= 4 is 29.2 Å². The van der Waals surface area contributed by atoms with Crippen LogP contribution in [0.1, 0.15) is 6.92 Å². The molecule has 1 atom stereocenters. The number of hydrogen-bond donors (Lipinski definition) is 4. The molecule has 1 aliphatic rings. The highest BCUT2D eigenvalue weighted by Crippen LogP contribution is 2.28. The zero-order valence-corrected chi connectivity index (χ0v) is 14.2. The van der Waals surface area contributed by atoms with E-state index in [-0.39, 0.29) is 0 Å². The van der Waals surface area contributed by atoms with Crippen molar-refractivity contribution in [1.29, 1.82) is 0 Å². The first-order chi connectivity index (χ1) is 11.8. The lowest BCUT2D eigenvalue weighted by Crippen LogP contribution is -2.43. The minimum Gasteiger partial charge on any atom is -0.478 e. The van der Waals surface area contributed by atoms with Crippen molar-refractivity contribution in [2.75, 3.05) is 31.1 Å². The van der Waals surface area contributed by atoms with Gasteiger partial charge in [0.2, 0.25) is 0 Å². The summed E-state index contributed by atoms with van der Waals surface area (Å²) in [6.45, 7) is 5.01. The third-order valence-corrected chi connectivity index (χ3v) is 3.00. The first-order valence-corrected chi connectivity index (χ1v) is 7.65. The molecule has 0 bridgehead atoms. The van der Waals surface area contributed by atoms with Crippen molar-refractivity contribution in [1.82, 2.24) is 15.5 Å². The van der Waals surface area contributed by atoms with E-state index in [0.717, 1.165) is 31.9 Å². The maximum atomic E-state index is 9.55. The van der Waals surface area contributed by atoms with E-state index in [0.29, 0.717) is 23.2 Å². The second-order valence-electron chi connectivity index (χ2n) is 4.82. The topological polar surface area (TPSA) is 145 Å². The van der Waals surface area contributed by atoms with E-state index in [4.69, 9.17) is 26.6 Å². The van der Waals surface area contributed by atoms with Crippen LogP contribution < -0.4 is 15.0 Å². The van der Waals surface area contributed by atoms with Gasteiger partial charge < -0.3 is 30.3 Å². The Morgan fingerprint density at radius 3 is 2.32 bits per heavy atom. The van der Waals surface area contributed by atoms with Crippen LogP contribution in [0.25, 0.3) is 0 Å². The molecule has 4 N–H and O–H groups in total. The third-order valence-electron chi connectivity index (χ3n) is 2.82. The van der Waals surface area contributed by atoms with Crippen LogP contribution in [0.2, 0.25) is 5.15 Å². The van der Waals surface area contributed by atoms with Gasteiger partial charge in [-0.3, -0.25) is 0 Å². The van der Waals surface area contributed by atoms with Crippen molar-refractivity contribution in [2.45, 2.75) is 13.2 Å². The van der Waals surface area contributed by atoms with Crippen molar-refractivity contribution in [3.05, 3.63) is 23.4 Å². The van der Waals surface area contributed by atoms with Gasteiger partial charge in [0.05, 0.1) is 0 Å². The number of aliphatic hydroxyl groups is 1. The largest absolute Gasteiger partial charge is 0.478 e. The monoisotopic (exact) mass is 374 g/mol. The Labute approximate surface area is 148 Å². The molecule has 1 aromatic rings. The summed E-state index contributed by atoms with van der Waals surface area (Å²) in [7, 11) is 0. The lowest BCUT2D eigenvalue weighted by Gasteiger charge is -2.30. The second-order valence-corrected chi connectivity index (χ2v) is 5.21. The molecular formula is C14H19ClN4O6. The number of rotatable bonds is 5. The molecule has 1 aromatic heterocycles. The lowest BCUT2D eigenvalue weighted by atomic mass is 10.3. The van der Waals surface area contributed by atoms with Gasteiger partial charge in [0.15, 0.2) is 11.4 Å². The number of hydrogen-bond acceptors (Lipinski definition) is 8. The van der Waals surface area contributed by atoms with Crippen LogP contribution in [0, 0.1) is 0 Å². The smallest absolute Gasteiger partial charge is 0.328 e. The van der Waals surface area contributed by atoms with Crippen molar-refractivity contribution < 1.29 is 29.6 Å². The average Bonchev–Trinajstić information content (AvgIpc) is 2.55. The van der Waals surface area contributed by atoms with Crippen LogP contribution in [-0.2, 0) is 9.59 Å². The maximum absolute atomic E-state index is 9.55. The fraction of sp³-hybridized carbons (Fsp3) is 0.429. The number of anilines is 1. The summed E-state index contributed by atoms with van der Waals surface area (Å²) in [6.07, 6.45) is 0.192. The molecule has 1 fully saturated rings. The molecule has 2 heterocycles. The van der Waals surface area contributed by atoms with Crippen LogP contribution in [0.4, 0.5) is 5.69 Å². The molecule has 25 heavy (non-hydrogen) atoms. The van der Waals surface area contributed by atoms with Gasteiger partial charge in [0, 0.05) is 44.4 Å². The van der Waals surface area contributed by atoms with Crippen LogP contribution in [0.5, 0.6) is 5.88 Å². The normalized spacial score (nSPS) is 15.2. The van der Waals surface area contributed by atoms with Gasteiger partial charge in [-0.1, -0.05) is 11.6 Å². The first-order valence-electron chi connectivity index (χ1n) is 7.27. The molecule has 0 aliphatic carbocycles. The number of nitrogens with one attached hydrogen (secondary N) is 1. The van der Waals surface area contributed by atoms with Crippen LogP contribution in [0.3, 0.4) is 0 Å². The van der Waals surface area contributed by atoms with Gasteiger partial charge in [-0.2, -0.15) is 0 Å². The number of piperazine rings is 1. The van der Waals surface area contributed by atoms with Crippen molar-refractivity contribution in [3.63, 3.8) is 0 Å². The molecular weight excluding hydrogens is 356 g/mol. The van der Waals surface area contributed by atoms with E-state index < -0.39 is 18.2 Å². The Morgan fingerprint density at radius 2 is 1.84 bits per heavy atom. The van der Waals surface area contributed by atoms with E-state index >= 15 is 0 Å². The van der Waals surface area contributed by atoms with Crippen molar-refractivity contribution in [3.8, 4) is 5.88 Å². The van der Waals surface area contributed by atoms with Gasteiger partial charge in [0.25, 0.3) is 5.88 Å². The fourth-order valence-electron chi connectivity index (χ4n) is 1.87.